The molecule has 3 N–H and O–H groups in total. The standard InChI is InChI=1S/C13H18N2O3/c1-18-9-5-7-15(8-6-9)11-4-2-3-10(12(11)14)13(16)17/h2-4,9H,5-8,14H2,1H3,(H,16,17). The Kier molecular flexibility index (Phi) is 3.72. The summed E-state index contributed by atoms with van der Waals surface area (Å²) in [6, 6.07) is 5.13. The smallest absolute Gasteiger partial charge is 0.337 e. The number of methoxy groups -OCH3 is 1. The van der Waals surface area contributed by atoms with E-state index in [4.69, 9.17) is 15.6 Å². The Morgan fingerprint density at radius 3 is 2.67 bits per heavy atom. The van der Waals surface area contributed by atoms with E-state index in [0.717, 1.165) is 31.6 Å². The molecule has 98 valence electrons. The highest BCUT2D eigenvalue weighted by molar-refractivity contribution is 5.97. The number of carboxylic acids is 1. The zero-order chi connectivity index (χ0) is 13.1. The van der Waals surface area contributed by atoms with Gasteiger partial charge in [0.1, 0.15) is 0 Å². The molecule has 0 atom stereocenters. The van der Waals surface area contributed by atoms with Gasteiger partial charge in [0.15, 0.2) is 0 Å². The number of nitrogen functional groups attached to an aromatic ring is 1. The fourth-order valence-electron chi connectivity index (χ4n) is 2.35. The van der Waals surface area contributed by atoms with Gasteiger partial charge in [0.2, 0.25) is 0 Å². The summed E-state index contributed by atoms with van der Waals surface area (Å²) in [5.41, 5.74) is 7.25. The lowest BCUT2D eigenvalue weighted by Crippen LogP contribution is -2.37. The third-order valence-electron chi connectivity index (χ3n) is 3.43. The molecule has 2 rings (SSSR count). The molecular formula is C13H18N2O3. The van der Waals surface area contributed by atoms with Crippen molar-refractivity contribution in [3.05, 3.63) is 23.8 Å². The summed E-state index contributed by atoms with van der Waals surface area (Å²) >= 11 is 0. The van der Waals surface area contributed by atoms with Crippen LogP contribution in [0.3, 0.4) is 0 Å². The van der Waals surface area contributed by atoms with E-state index in [1.54, 1.807) is 13.2 Å². The number of hydrogen-bond donors (Lipinski definition) is 2. The minimum absolute atomic E-state index is 0.168. The van der Waals surface area contributed by atoms with Gasteiger partial charge >= 0.3 is 5.97 Å². The first-order chi connectivity index (χ1) is 8.63. The summed E-state index contributed by atoms with van der Waals surface area (Å²) in [7, 11) is 1.72. The number of carbonyl (C=O) groups is 1. The van der Waals surface area contributed by atoms with Crippen molar-refractivity contribution in [2.75, 3.05) is 30.8 Å². The van der Waals surface area contributed by atoms with Gasteiger partial charge in [0, 0.05) is 20.2 Å². The Labute approximate surface area is 106 Å². The first-order valence-corrected chi connectivity index (χ1v) is 6.03. The summed E-state index contributed by atoms with van der Waals surface area (Å²) in [6.45, 7) is 1.68. The summed E-state index contributed by atoms with van der Waals surface area (Å²) < 4.78 is 5.32. The number of benzene rings is 1. The molecule has 1 aliphatic rings. The summed E-state index contributed by atoms with van der Waals surface area (Å²) in [5.74, 6) is -0.985. The molecule has 0 unspecified atom stereocenters. The first-order valence-electron chi connectivity index (χ1n) is 6.03. The average molecular weight is 250 g/mol. The van der Waals surface area contributed by atoms with Gasteiger partial charge < -0.3 is 20.5 Å². The second kappa shape index (κ2) is 5.27. The number of rotatable bonds is 3. The molecule has 1 heterocycles. The Morgan fingerprint density at radius 1 is 1.44 bits per heavy atom. The fourth-order valence-corrected chi connectivity index (χ4v) is 2.35. The maximum absolute atomic E-state index is 11.0. The molecular weight excluding hydrogens is 232 g/mol. The van der Waals surface area contributed by atoms with Crippen LogP contribution in [0.4, 0.5) is 11.4 Å². The van der Waals surface area contributed by atoms with Crippen molar-refractivity contribution in [2.24, 2.45) is 0 Å². The molecule has 5 nitrogen and oxygen atoms in total. The van der Waals surface area contributed by atoms with Gasteiger partial charge in [-0.2, -0.15) is 0 Å². The number of para-hydroxylation sites is 1. The lowest BCUT2D eigenvalue weighted by molar-refractivity contribution is 0.0697. The molecule has 1 fully saturated rings. The molecule has 1 aliphatic heterocycles. The number of aromatic carboxylic acids is 1. The van der Waals surface area contributed by atoms with E-state index in [-0.39, 0.29) is 5.56 Å². The van der Waals surface area contributed by atoms with Crippen LogP contribution >= 0.6 is 0 Å². The van der Waals surface area contributed by atoms with Gasteiger partial charge in [0.25, 0.3) is 0 Å². The van der Waals surface area contributed by atoms with Crippen molar-refractivity contribution in [3.8, 4) is 0 Å². The molecule has 1 saturated heterocycles. The molecule has 0 saturated carbocycles. The third kappa shape index (κ3) is 2.41. The molecule has 18 heavy (non-hydrogen) atoms. The molecule has 0 radical (unpaired) electrons. The van der Waals surface area contributed by atoms with Crippen LogP contribution in [0.25, 0.3) is 0 Å². The van der Waals surface area contributed by atoms with Crippen LogP contribution in [0.2, 0.25) is 0 Å². The Balaban J connectivity index is 2.19. The zero-order valence-electron chi connectivity index (χ0n) is 10.4. The number of anilines is 2. The number of nitrogens with zero attached hydrogens (tertiary/aromatic N) is 1. The van der Waals surface area contributed by atoms with E-state index in [1.807, 2.05) is 6.07 Å². The normalized spacial score (nSPS) is 16.8. The molecule has 5 heteroatoms. The second-order valence-electron chi connectivity index (χ2n) is 4.47. The lowest BCUT2D eigenvalue weighted by Gasteiger charge is -2.33. The van der Waals surface area contributed by atoms with Gasteiger partial charge in [-0.25, -0.2) is 4.79 Å². The second-order valence-corrected chi connectivity index (χ2v) is 4.47. The zero-order valence-corrected chi connectivity index (χ0v) is 10.4. The predicted octanol–water partition coefficient (Wildman–Crippen LogP) is 1.58. The molecule has 1 aromatic carbocycles. The SMILES string of the molecule is COC1CCN(c2cccc(C(=O)O)c2N)CC1. The highest BCUT2D eigenvalue weighted by atomic mass is 16.5. The number of piperidine rings is 1. The minimum atomic E-state index is -0.985. The average Bonchev–Trinajstić information content (AvgIpc) is 2.39. The number of carboxylic acid groups (broad SMARTS) is 1. The topological polar surface area (TPSA) is 75.8 Å². The van der Waals surface area contributed by atoms with E-state index in [0.29, 0.717) is 11.8 Å². The van der Waals surface area contributed by atoms with Crippen molar-refractivity contribution in [1.29, 1.82) is 0 Å². The van der Waals surface area contributed by atoms with Crippen molar-refractivity contribution >= 4 is 17.3 Å². The van der Waals surface area contributed by atoms with Gasteiger partial charge in [0.05, 0.1) is 23.0 Å². The Bertz CT molecular complexity index is 440. The third-order valence-corrected chi connectivity index (χ3v) is 3.43. The van der Waals surface area contributed by atoms with Crippen LogP contribution in [-0.4, -0.2) is 37.4 Å². The fraction of sp³-hybridized carbons (Fsp3) is 0.462. The van der Waals surface area contributed by atoms with E-state index in [1.165, 1.54) is 6.07 Å². The molecule has 0 amide bonds. The highest BCUT2D eigenvalue weighted by Crippen LogP contribution is 2.29. The van der Waals surface area contributed by atoms with Crippen molar-refractivity contribution in [1.82, 2.24) is 0 Å². The highest BCUT2D eigenvalue weighted by Gasteiger charge is 2.21. The van der Waals surface area contributed by atoms with E-state index >= 15 is 0 Å². The van der Waals surface area contributed by atoms with Gasteiger partial charge in [-0.3, -0.25) is 0 Å². The van der Waals surface area contributed by atoms with Crippen LogP contribution in [0.5, 0.6) is 0 Å². The molecule has 0 bridgehead atoms. The van der Waals surface area contributed by atoms with Crippen LogP contribution in [0, 0.1) is 0 Å². The largest absolute Gasteiger partial charge is 0.478 e. The van der Waals surface area contributed by atoms with E-state index in [2.05, 4.69) is 4.90 Å². The van der Waals surface area contributed by atoms with Crippen molar-refractivity contribution in [3.63, 3.8) is 0 Å². The maximum atomic E-state index is 11.0. The summed E-state index contributed by atoms with van der Waals surface area (Å²) in [6.07, 6.45) is 2.17. The first kappa shape index (κ1) is 12.7. The Hall–Kier alpha value is -1.75. The van der Waals surface area contributed by atoms with Crippen molar-refractivity contribution in [2.45, 2.75) is 18.9 Å². The minimum Gasteiger partial charge on any atom is -0.478 e. The number of hydrogen-bond acceptors (Lipinski definition) is 4. The van der Waals surface area contributed by atoms with Gasteiger partial charge in [-0.1, -0.05) is 6.07 Å². The summed E-state index contributed by atoms with van der Waals surface area (Å²) in [4.78, 5) is 13.2. The lowest BCUT2D eigenvalue weighted by atomic mass is 10.0. The summed E-state index contributed by atoms with van der Waals surface area (Å²) in [5, 5.41) is 9.05. The molecule has 0 aromatic heterocycles. The van der Waals surface area contributed by atoms with E-state index < -0.39 is 5.97 Å². The van der Waals surface area contributed by atoms with Crippen molar-refractivity contribution < 1.29 is 14.6 Å². The predicted molar refractivity (Wildman–Crippen MR) is 70.1 cm³/mol. The van der Waals surface area contributed by atoms with Crippen LogP contribution in [-0.2, 0) is 4.74 Å². The van der Waals surface area contributed by atoms with Crippen LogP contribution in [0.15, 0.2) is 18.2 Å². The number of ether oxygens (including phenoxy) is 1. The number of nitrogens with two attached hydrogens (primary N) is 1. The van der Waals surface area contributed by atoms with Gasteiger partial charge in [-0.15, -0.1) is 0 Å². The quantitative estimate of drug-likeness (QED) is 0.797. The van der Waals surface area contributed by atoms with E-state index in [9.17, 15) is 4.79 Å². The monoisotopic (exact) mass is 250 g/mol. The van der Waals surface area contributed by atoms with Gasteiger partial charge in [-0.05, 0) is 25.0 Å². The molecule has 1 aromatic rings. The Morgan fingerprint density at radius 2 is 2.11 bits per heavy atom. The van der Waals surface area contributed by atoms with Crippen LogP contribution in [0.1, 0.15) is 23.2 Å². The van der Waals surface area contributed by atoms with Crippen LogP contribution < -0.4 is 10.6 Å². The maximum Gasteiger partial charge on any atom is 0.337 e. The molecule has 0 spiro atoms. The molecule has 0 aliphatic carbocycles.